The minimum absolute atomic E-state index is 0.369. The van der Waals surface area contributed by atoms with Gasteiger partial charge in [0.05, 0.1) is 13.2 Å². The second-order valence-electron chi connectivity index (χ2n) is 6.35. The smallest absolute Gasteiger partial charge is 0.337 e. The second kappa shape index (κ2) is 7.25. The summed E-state index contributed by atoms with van der Waals surface area (Å²) in [5.41, 5.74) is 1.62. The molecule has 0 radical (unpaired) electrons. The van der Waals surface area contributed by atoms with Gasteiger partial charge in [0, 0.05) is 35.8 Å². The van der Waals surface area contributed by atoms with Gasteiger partial charge in [-0.25, -0.2) is 4.79 Å². The number of fused-ring (bicyclic) bond motifs is 1. The summed E-state index contributed by atoms with van der Waals surface area (Å²) in [6.45, 7) is 6.11. The molecule has 1 atom stereocenters. The van der Waals surface area contributed by atoms with Gasteiger partial charge in [0.15, 0.2) is 5.60 Å². The Balaban J connectivity index is 2.27. The van der Waals surface area contributed by atoms with Crippen molar-refractivity contribution in [2.75, 3.05) is 20.3 Å². The summed E-state index contributed by atoms with van der Waals surface area (Å²) in [5.74, 6) is -1.81. The van der Waals surface area contributed by atoms with E-state index in [1.165, 1.54) is 0 Å². The molecule has 0 saturated heterocycles. The maximum absolute atomic E-state index is 12.3. The summed E-state index contributed by atoms with van der Waals surface area (Å²) in [4.78, 5) is 23.2. The van der Waals surface area contributed by atoms with E-state index < -0.39 is 17.5 Å². The Kier molecular flexibility index (Phi) is 5.49. The number of nitrogens with zero attached hydrogens (tertiary/aromatic N) is 1. The first kappa shape index (κ1) is 19.0. The van der Waals surface area contributed by atoms with Gasteiger partial charge in [0.2, 0.25) is 0 Å². The standard InChI is InChI=1S/C18H24N2O5/c1-11-12(2)20(7-8-25-4)15-6-5-13(9-14(11)15)16(21)19-10-18(3,24)17(22)23/h5-6,9,24H,7-8,10H2,1-4H3,(H,19,21)(H,22,23). The van der Waals surface area contributed by atoms with E-state index in [9.17, 15) is 14.7 Å². The number of nitrogens with one attached hydrogen (secondary N) is 1. The Morgan fingerprint density at radius 2 is 2.00 bits per heavy atom. The van der Waals surface area contributed by atoms with Crippen LogP contribution in [0.5, 0.6) is 0 Å². The fraction of sp³-hybridized carbons (Fsp3) is 0.444. The molecule has 25 heavy (non-hydrogen) atoms. The Hall–Kier alpha value is -2.38. The van der Waals surface area contributed by atoms with Crippen molar-refractivity contribution < 1.29 is 24.5 Å². The van der Waals surface area contributed by atoms with Crippen molar-refractivity contribution in [3.63, 3.8) is 0 Å². The van der Waals surface area contributed by atoms with Crippen LogP contribution in [-0.2, 0) is 16.1 Å². The molecule has 1 amide bonds. The number of aliphatic carboxylic acids is 1. The van der Waals surface area contributed by atoms with Gasteiger partial charge >= 0.3 is 5.97 Å². The first-order valence-corrected chi connectivity index (χ1v) is 8.01. The lowest BCUT2D eigenvalue weighted by molar-refractivity contribution is -0.155. The molecule has 0 aliphatic carbocycles. The van der Waals surface area contributed by atoms with Crippen molar-refractivity contribution in [2.24, 2.45) is 0 Å². The second-order valence-corrected chi connectivity index (χ2v) is 6.35. The van der Waals surface area contributed by atoms with Crippen LogP contribution < -0.4 is 5.32 Å². The molecule has 1 unspecified atom stereocenters. The molecular formula is C18H24N2O5. The minimum atomic E-state index is -2.00. The molecule has 136 valence electrons. The van der Waals surface area contributed by atoms with Gasteiger partial charge in [-0.2, -0.15) is 0 Å². The number of carboxylic acid groups (broad SMARTS) is 1. The van der Waals surface area contributed by atoms with Crippen LogP contribution in [0, 0.1) is 13.8 Å². The van der Waals surface area contributed by atoms with E-state index in [4.69, 9.17) is 9.84 Å². The van der Waals surface area contributed by atoms with Crippen LogP contribution in [0.1, 0.15) is 28.5 Å². The molecule has 2 aromatic rings. The van der Waals surface area contributed by atoms with Crippen LogP contribution in [0.25, 0.3) is 10.9 Å². The van der Waals surface area contributed by atoms with Crippen molar-refractivity contribution in [3.8, 4) is 0 Å². The molecular weight excluding hydrogens is 324 g/mol. The number of hydrogen-bond donors (Lipinski definition) is 3. The van der Waals surface area contributed by atoms with Crippen LogP contribution in [-0.4, -0.2) is 52.5 Å². The summed E-state index contributed by atoms with van der Waals surface area (Å²) >= 11 is 0. The average molecular weight is 348 g/mol. The van der Waals surface area contributed by atoms with E-state index in [0.29, 0.717) is 12.2 Å². The summed E-state index contributed by atoms with van der Waals surface area (Å²) < 4.78 is 7.29. The predicted molar refractivity (Wildman–Crippen MR) is 93.9 cm³/mol. The zero-order valence-corrected chi connectivity index (χ0v) is 14.9. The number of methoxy groups -OCH3 is 1. The molecule has 0 bridgehead atoms. The molecule has 3 N–H and O–H groups in total. The highest BCUT2D eigenvalue weighted by molar-refractivity contribution is 5.99. The Bertz CT molecular complexity index is 807. The third-order valence-corrected chi connectivity index (χ3v) is 4.47. The zero-order chi connectivity index (χ0) is 18.8. The lowest BCUT2D eigenvalue weighted by Gasteiger charge is -2.18. The van der Waals surface area contributed by atoms with Crippen molar-refractivity contribution in [1.29, 1.82) is 0 Å². The average Bonchev–Trinajstić information content (AvgIpc) is 2.81. The highest BCUT2D eigenvalue weighted by Crippen LogP contribution is 2.26. The number of aliphatic hydroxyl groups is 1. The summed E-state index contributed by atoms with van der Waals surface area (Å²) in [6.07, 6.45) is 0. The normalized spacial score (nSPS) is 13.6. The van der Waals surface area contributed by atoms with Gasteiger partial charge < -0.3 is 24.8 Å². The largest absolute Gasteiger partial charge is 0.479 e. The number of ether oxygens (including phenoxy) is 1. The molecule has 1 aromatic carbocycles. The van der Waals surface area contributed by atoms with E-state index in [1.807, 2.05) is 19.9 Å². The Labute approximate surface area is 146 Å². The van der Waals surface area contributed by atoms with E-state index >= 15 is 0 Å². The van der Waals surface area contributed by atoms with E-state index in [0.717, 1.165) is 35.6 Å². The first-order chi connectivity index (χ1) is 11.7. The summed E-state index contributed by atoms with van der Waals surface area (Å²) in [5, 5.41) is 22.0. The third-order valence-electron chi connectivity index (χ3n) is 4.47. The van der Waals surface area contributed by atoms with Gasteiger partial charge in [-0.3, -0.25) is 4.79 Å². The molecule has 0 aliphatic rings. The van der Waals surface area contributed by atoms with Crippen LogP contribution in [0.3, 0.4) is 0 Å². The number of hydrogen-bond acceptors (Lipinski definition) is 4. The Morgan fingerprint density at radius 1 is 1.32 bits per heavy atom. The molecule has 0 aliphatic heterocycles. The molecule has 0 fully saturated rings. The zero-order valence-electron chi connectivity index (χ0n) is 14.9. The van der Waals surface area contributed by atoms with E-state index in [1.54, 1.807) is 19.2 Å². The highest BCUT2D eigenvalue weighted by Gasteiger charge is 2.30. The van der Waals surface area contributed by atoms with Crippen molar-refractivity contribution >= 4 is 22.8 Å². The quantitative estimate of drug-likeness (QED) is 0.703. The first-order valence-electron chi connectivity index (χ1n) is 8.01. The highest BCUT2D eigenvalue weighted by atomic mass is 16.5. The Morgan fingerprint density at radius 3 is 2.60 bits per heavy atom. The number of carbonyl (C=O) groups excluding carboxylic acids is 1. The van der Waals surface area contributed by atoms with Crippen molar-refractivity contribution in [1.82, 2.24) is 9.88 Å². The maximum Gasteiger partial charge on any atom is 0.337 e. The predicted octanol–water partition coefficient (Wildman–Crippen LogP) is 1.47. The number of rotatable bonds is 7. The van der Waals surface area contributed by atoms with Crippen molar-refractivity contribution in [2.45, 2.75) is 32.9 Å². The molecule has 2 rings (SSSR count). The number of carboxylic acids is 1. The number of aromatic nitrogens is 1. The van der Waals surface area contributed by atoms with Crippen molar-refractivity contribution in [3.05, 3.63) is 35.0 Å². The fourth-order valence-electron chi connectivity index (χ4n) is 2.69. The number of benzene rings is 1. The topological polar surface area (TPSA) is 101 Å². The van der Waals surface area contributed by atoms with E-state index in [2.05, 4.69) is 9.88 Å². The molecule has 1 aromatic heterocycles. The van der Waals surface area contributed by atoms with Crippen LogP contribution >= 0.6 is 0 Å². The van der Waals surface area contributed by atoms with Crippen LogP contribution in [0.4, 0.5) is 0 Å². The molecule has 0 saturated carbocycles. The van der Waals surface area contributed by atoms with Gasteiger partial charge in [-0.1, -0.05) is 0 Å². The van der Waals surface area contributed by atoms with Crippen LogP contribution in [0.2, 0.25) is 0 Å². The minimum Gasteiger partial charge on any atom is -0.479 e. The third kappa shape index (κ3) is 3.83. The summed E-state index contributed by atoms with van der Waals surface area (Å²) in [7, 11) is 1.66. The van der Waals surface area contributed by atoms with E-state index in [-0.39, 0.29) is 6.54 Å². The van der Waals surface area contributed by atoms with Gasteiger partial charge in [0.25, 0.3) is 5.91 Å². The van der Waals surface area contributed by atoms with Gasteiger partial charge in [-0.05, 0) is 44.5 Å². The number of carbonyl (C=O) groups is 2. The number of amides is 1. The lowest BCUT2D eigenvalue weighted by Crippen LogP contribution is -2.46. The molecule has 1 heterocycles. The van der Waals surface area contributed by atoms with Gasteiger partial charge in [-0.15, -0.1) is 0 Å². The summed E-state index contributed by atoms with van der Waals surface area (Å²) in [6, 6.07) is 5.34. The molecule has 0 spiro atoms. The molecule has 7 nitrogen and oxygen atoms in total. The molecule has 7 heteroatoms. The fourth-order valence-corrected chi connectivity index (χ4v) is 2.69. The SMILES string of the molecule is COCCn1c(C)c(C)c2cc(C(=O)NCC(C)(O)C(=O)O)ccc21. The van der Waals surface area contributed by atoms with Crippen LogP contribution in [0.15, 0.2) is 18.2 Å². The maximum atomic E-state index is 12.3. The van der Waals surface area contributed by atoms with Gasteiger partial charge in [0.1, 0.15) is 0 Å². The monoisotopic (exact) mass is 348 g/mol. The number of aryl methyl sites for hydroxylation is 1. The lowest BCUT2D eigenvalue weighted by atomic mass is 10.1.